The summed E-state index contributed by atoms with van der Waals surface area (Å²) in [6.07, 6.45) is 3.82. The van der Waals surface area contributed by atoms with Gasteiger partial charge >= 0.3 is 0 Å². The van der Waals surface area contributed by atoms with Crippen LogP contribution in [0.1, 0.15) is 41.0 Å². The van der Waals surface area contributed by atoms with Crippen LogP contribution in [-0.4, -0.2) is 33.8 Å². The number of carbonyl (C=O) groups is 1. The summed E-state index contributed by atoms with van der Waals surface area (Å²) in [6.45, 7) is 6.02. The van der Waals surface area contributed by atoms with Gasteiger partial charge in [0.25, 0.3) is 5.91 Å². The maximum absolute atomic E-state index is 12.9. The van der Waals surface area contributed by atoms with Crippen molar-refractivity contribution >= 4 is 28.3 Å². The SMILES string of the molecule is Cc1cc(C(=O)Nc2ccc(N3CCCCC3)cc2)c2c(C)nn(C)c2n1. The third kappa shape index (κ3) is 3.39. The lowest BCUT2D eigenvalue weighted by atomic mass is 10.1. The minimum Gasteiger partial charge on any atom is -0.372 e. The van der Waals surface area contributed by atoms with Gasteiger partial charge in [0.15, 0.2) is 5.65 Å². The Morgan fingerprint density at radius 3 is 2.48 bits per heavy atom. The smallest absolute Gasteiger partial charge is 0.256 e. The Hall–Kier alpha value is -2.89. The lowest BCUT2D eigenvalue weighted by Crippen LogP contribution is -2.29. The second kappa shape index (κ2) is 7.02. The Kier molecular flexibility index (Phi) is 4.56. The number of nitrogens with one attached hydrogen (secondary N) is 1. The molecule has 6 heteroatoms. The predicted molar refractivity (Wildman–Crippen MR) is 108 cm³/mol. The molecule has 0 unspecified atom stereocenters. The molecule has 1 aromatic carbocycles. The van der Waals surface area contributed by atoms with Crippen molar-refractivity contribution < 1.29 is 4.79 Å². The van der Waals surface area contributed by atoms with Gasteiger partial charge in [0.1, 0.15) is 0 Å². The molecule has 4 rings (SSSR count). The molecular formula is C21H25N5O. The van der Waals surface area contributed by atoms with E-state index in [9.17, 15) is 4.79 Å². The Balaban J connectivity index is 1.58. The molecule has 3 heterocycles. The third-order valence-corrected chi connectivity index (χ3v) is 5.19. The van der Waals surface area contributed by atoms with Crippen LogP contribution >= 0.6 is 0 Å². The molecular weight excluding hydrogens is 338 g/mol. The maximum atomic E-state index is 12.9. The van der Waals surface area contributed by atoms with E-state index in [0.717, 1.165) is 41.2 Å². The van der Waals surface area contributed by atoms with Gasteiger partial charge in [-0.15, -0.1) is 0 Å². The fraction of sp³-hybridized carbons (Fsp3) is 0.381. The number of carbonyl (C=O) groups excluding carboxylic acids is 1. The fourth-order valence-electron chi connectivity index (χ4n) is 3.86. The van der Waals surface area contributed by atoms with Crippen molar-refractivity contribution in [3.05, 3.63) is 47.3 Å². The van der Waals surface area contributed by atoms with Gasteiger partial charge in [-0.25, -0.2) is 4.98 Å². The van der Waals surface area contributed by atoms with Gasteiger partial charge in [-0.1, -0.05) is 0 Å². The number of aryl methyl sites for hydroxylation is 3. The molecule has 0 bridgehead atoms. The summed E-state index contributed by atoms with van der Waals surface area (Å²) in [5.41, 5.74) is 4.98. The van der Waals surface area contributed by atoms with Crippen LogP contribution in [0, 0.1) is 13.8 Å². The van der Waals surface area contributed by atoms with Crippen LogP contribution in [0.15, 0.2) is 30.3 Å². The molecule has 140 valence electrons. The highest BCUT2D eigenvalue weighted by molar-refractivity contribution is 6.12. The number of pyridine rings is 1. The summed E-state index contributed by atoms with van der Waals surface area (Å²) in [5.74, 6) is -0.132. The van der Waals surface area contributed by atoms with E-state index in [4.69, 9.17) is 0 Å². The van der Waals surface area contributed by atoms with E-state index in [2.05, 4.69) is 32.4 Å². The molecule has 27 heavy (non-hydrogen) atoms. The summed E-state index contributed by atoms with van der Waals surface area (Å²) in [4.78, 5) is 19.9. The van der Waals surface area contributed by atoms with Gasteiger partial charge in [0, 0.05) is 37.2 Å². The van der Waals surface area contributed by atoms with E-state index in [1.807, 2.05) is 39.1 Å². The zero-order valence-electron chi connectivity index (χ0n) is 16.1. The summed E-state index contributed by atoms with van der Waals surface area (Å²) >= 11 is 0. The van der Waals surface area contributed by atoms with E-state index in [-0.39, 0.29) is 5.91 Å². The molecule has 1 fully saturated rings. The van der Waals surface area contributed by atoms with E-state index >= 15 is 0 Å². The molecule has 2 aromatic heterocycles. The number of benzene rings is 1. The standard InChI is InChI=1S/C21H25N5O/c1-14-13-18(19-15(2)24-25(3)20(19)22-14)21(27)23-16-7-9-17(10-8-16)26-11-5-4-6-12-26/h7-10,13H,4-6,11-12H2,1-3H3,(H,23,27). The number of amides is 1. The second-order valence-electron chi connectivity index (χ2n) is 7.27. The summed E-state index contributed by atoms with van der Waals surface area (Å²) < 4.78 is 1.72. The number of fused-ring (bicyclic) bond motifs is 1. The number of aromatic nitrogens is 3. The second-order valence-corrected chi connectivity index (χ2v) is 7.27. The van der Waals surface area contributed by atoms with Gasteiger partial charge in [-0.2, -0.15) is 5.10 Å². The Labute approximate surface area is 159 Å². The first kappa shape index (κ1) is 17.5. The first-order chi connectivity index (χ1) is 13.0. The average molecular weight is 363 g/mol. The minimum absolute atomic E-state index is 0.132. The lowest BCUT2D eigenvalue weighted by Gasteiger charge is -2.28. The summed E-state index contributed by atoms with van der Waals surface area (Å²) in [5, 5.41) is 8.25. The number of anilines is 2. The van der Waals surface area contributed by atoms with E-state index in [0.29, 0.717) is 5.56 Å². The lowest BCUT2D eigenvalue weighted by molar-refractivity contribution is 0.102. The van der Waals surface area contributed by atoms with Gasteiger partial charge < -0.3 is 10.2 Å². The first-order valence-corrected chi connectivity index (χ1v) is 9.50. The van der Waals surface area contributed by atoms with Crippen LogP contribution in [0.4, 0.5) is 11.4 Å². The highest BCUT2D eigenvalue weighted by Crippen LogP contribution is 2.24. The first-order valence-electron chi connectivity index (χ1n) is 9.50. The Morgan fingerprint density at radius 2 is 1.78 bits per heavy atom. The maximum Gasteiger partial charge on any atom is 0.256 e. The van der Waals surface area contributed by atoms with Crippen LogP contribution in [-0.2, 0) is 7.05 Å². The van der Waals surface area contributed by atoms with Crippen molar-refractivity contribution in [2.45, 2.75) is 33.1 Å². The molecule has 0 spiro atoms. The minimum atomic E-state index is -0.132. The van der Waals surface area contributed by atoms with Crippen molar-refractivity contribution in [1.29, 1.82) is 0 Å². The molecule has 6 nitrogen and oxygen atoms in total. The summed E-state index contributed by atoms with van der Waals surface area (Å²) in [7, 11) is 1.85. The van der Waals surface area contributed by atoms with Crippen LogP contribution in [0.3, 0.4) is 0 Å². The van der Waals surface area contributed by atoms with Crippen molar-refractivity contribution in [3.8, 4) is 0 Å². The zero-order valence-corrected chi connectivity index (χ0v) is 16.1. The molecule has 1 N–H and O–H groups in total. The normalized spacial score (nSPS) is 14.6. The van der Waals surface area contributed by atoms with Gasteiger partial charge in [0.05, 0.1) is 16.6 Å². The number of hydrogen-bond acceptors (Lipinski definition) is 4. The van der Waals surface area contributed by atoms with Crippen molar-refractivity contribution in [2.75, 3.05) is 23.3 Å². The molecule has 1 aliphatic heterocycles. The van der Waals surface area contributed by atoms with E-state index in [1.165, 1.54) is 24.9 Å². The summed E-state index contributed by atoms with van der Waals surface area (Å²) in [6, 6.07) is 9.95. The highest BCUT2D eigenvalue weighted by Gasteiger charge is 2.18. The monoisotopic (exact) mass is 363 g/mol. The Bertz CT molecular complexity index is 984. The molecule has 1 amide bonds. The number of nitrogens with zero attached hydrogens (tertiary/aromatic N) is 4. The van der Waals surface area contributed by atoms with E-state index < -0.39 is 0 Å². The predicted octanol–water partition coefficient (Wildman–Crippen LogP) is 3.83. The number of piperidine rings is 1. The molecule has 1 aliphatic rings. The topological polar surface area (TPSA) is 63.1 Å². The van der Waals surface area contributed by atoms with Crippen LogP contribution in [0.2, 0.25) is 0 Å². The molecule has 0 aliphatic carbocycles. The van der Waals surface area contributed by atoms with Gasteiger partial charge in [-0.3, -0.25) is 9.48 Å². The van der Waals surface area contributed by atoms with Crippen LogP contribution < -0.4 is 10.2 Å². The van der Waals surface area contributed by atoms with Gasteiger partial charge in [0.2, 0.25) is 0 Å². The quantitative estimate of drug-likeness (QED) is 0.768. The van der Waals surface area contributed by atoms with Gasteiger partial charge in [-0.05, 0) is 63.4 Å². The van der Waals surface area contributed by atoms with Crippen LogP contribution in [0.25, 0.3) is 11.0 Å². The number of hydrogen-bond donors (Lipinski definition) is 1. The zero-order chi connectivity index (χ0) is 19.0. The Morgan fingerprint density at radius 1 is 1.07 bits per heavy atom. The van der Waals surface area contributed by atoms with Crippen molar-refractivity contribution in [3.63, 3.8) is 0 Å². The van der Waals surface area contributed by atoms with E-state index in [1.54, 1.807) is 4.68 Å². The fourth-order valence-corrected chi connectivity index (χ4v) is 3.86. The van der Waals surface area contributed by atoms with Crippen molar-refractivity contribution in [2.24, 2.45) is 7.05 Å². The van der Waals surface area contributed by atoms with Crippen molar-refractivity contribution in [1.82, 2.24) is 14.8 Å². The van der Waals surface area contributed by atoms with Crippen LogP contribution in [0.5, 0.6) is 0 Å². The third-order valence-electron chi connectivity index (χ3n) is 5.19. The highest BCUT2D eigenvalue weighted by atomic mass is 16.1. The molecule has 0 atom stereocenters. The molecule has 0 radical (unpaired) electrons. The molecule has 0 saturated carbocycles. The molecule has 3 aromatic rings. The number of rotatable bonds is 3. The largest absolute Gasteiger partial charge is 0.372 e. The average Bonchev–Trinajstić information content (AvgIpc) is 2.96. The molecule has 1 saturated heterocycles.